The maximum absolute atomic E-state index is 13.0. The number of carbonyl (C=O) groups excluding carboxylic acids is 2. The number of hydrogen-bond acceptors (Lipinski definition) is 4. The van der Waals surface area contributed by atoms with Gasteiger partial charge in [-0.25, -0.2) is 8.42 Å². The van der Waals surface area contributed by atoms with Crippen molar-refractivity contribution in [1.29, 1.82) is 0 Å². The fraction of sp³-hybridized carbons (Fsp3) is 0.364. The molecule has 166 valence electrons. The summed E-state index contributed by atoms with van der Waals surface area (Å²) in [6.45, 7) is 0.894. The van der Waals surface area contributed by atoms with Gasteiger partial charge in [-0.2, -0.15) is 4.31 Å². The zero-order chi connectivity index (χ0) is 22.3. The highest BCUT2D eigenvalue weighted by Gasteiger charge is 2.33. The average molecular weight is 464 g/mol. The van der Waals surface area contributed by atoms with Crippen molar-refractivity contribution < 1.29 is 18.0 Å². The molecule has 2 N–H and O–H groups in total. The molecule has 1 saturated heterocycles. The van der Waals surface area contributed by atoms with E-state index < -0.39 is 21.8 Å². The van der Waals surface area contributed by atoms with E-state index in [4.69, 9.17) is 11.6 Å². The quantitative estimate of drug-likeness (QED) is 0.617. The van der Waals surface area contributed by atoms with Crippen molar-refractivity contribution in [1.82, 2.24) is 14.9 Å². The maximum Gasteiger partial charge on any atom is 0.309 e. The van der Waals surface area contributed by atoms with E-state index in [9.17, 15) is 18.0 Å². The third-order valence-electron chi connectivity index (χ3n) is 5.26. The summed E-state index contributed by atoms with van der Waals surface area (Å²) in [4.78, 5) is 24.4. The number of benzene rings is 2. The van der Waals surface area contributed by atoms with Crippen LogP contribution in [0.5, 0.6) is 0 Å². The molecule has 0 spiro atoms. The molecule has 2 aromatic rings. The van der Waals surface area contributed by atoms with Gasteiger partial charge >= 0.3 is 11.8 Å². The Bertz CT molecular complexity index is 997. The van der Waals surface area contributed by atoms with Crippen LogP contribution in [0.15, 0.2) is 59.5 Å². The molecule has 2 amide bonds. The average Bonchev–Trinajstić information content (AvgIpc) is 2.79. The Morgan fingerprint density at radius 3 is 2.35 bits per heavy atom. The third kappa shape index (κ3) is 6.29. The number of halogens is 1. The largest absolute Gasteiger partial charge is 0.348 e. The van der Waals surface area contributed by atoms with Crippen LogP contribution in [0.1, 0.15) is 31.2 Å². The number of sulfonamides is 1. The van der Waals surface area contributed by atoms with Crippen LogP contribution in [0.25, 0.3) is 0 Å². The molecule has 0 aliphatic carbocycles. The Balaban J connectivity index is 1.50. The van der Waals surface area contributed by atoms with Gasteiger partial charge in [-0.05, 0) is 49.1 Å². The van der Waals surface area contributed by atoms with Crippen molar-refractivity contribution >= 4 is 33.4 Å². The first-order chi connectivity index (χ1) is 14.9. The monoisotopic (exact) mass is 463 g/mol. The summed E-state index contributed by atoms with van der Waals surface area (Å²) < 4.78 is 27.5. The molecule has 0 radical (unpaired) electrons. The second-order valence-electron chi connectivity index (χ2n) is 7.43. The van der Waals surface area contributed by atoms with Crippen LogP contribution >= 0.6 is 11.6 Å². The number of carbonyl (C=O) groups is 2. The van der Waals surface area contributed by atoms with E-state index >= 15 is 0 Å². The number of rotatable bonds is 7. The molecular weight excluding hydrogens is 438 g/mol. The number of nitrogens with one attached hydrogen (secondary N) is 2. The van der Waals surface area contributed by atoms with Crippen molar-refractivity contribution in [3.8, 4) is 0 Å². The van der Waals surface area contributed by atoms with E-state index in [1.54, 1.807) is 54.6 Å². The Labute approximate surface area is 187 Å². The fourth-order valence-corrected chi connectivity index (χ4v) is 5.47. The smallest absolute Gasteiger partial charge is 0.309 e. The van der Waals surface area contributed by atoms with Gasteiger partial charge < -0.3 is 10.6 Å². The van der Waals surface area contributed by atoms with Crippen molar-refractivity contribution in [2.45, 2.75) is 43.2 Å². The second-order valence-corrected chi connectivity index (χ2v) is 9.76. The van der Waals surface area contributed by atoms with Gasteiger partial charge in [-0.1, -0.05) is 48.4 Å². The summed E-state index contributed by atoms with van der Waals surface area (Å²) in [6, 6.07) is 15.1. The molecule has 0 saturated carbocycles. The summed E-state index contributed by atoms with van der Waals surface area (Å²) in [7, 11) is -3.59. The van der Waals surface area contributed by atoms with E-state index in [-0.39, 0.29) is 24.0 Å². The van der Waals surface area contributed by atoms with Crippen molar-refractivity contribution in [2.75, 3.05) is 13.1 Å². The van der Waals surface area contributed by atoms with E-state index in [0.717, 1.165) is 24.8 Å². The topological polar surface area (TPSA) is 95.6 Å². The highest BCUT2D eigenvalue weighted by Crippen LogP contribution is 2.26. The van der Waals surface area contributed by atoms with Crippen LogP contribution in [0.2, 0.25) is 5.02 Å². The summed E-state index contributed by atoms with van der Waals surface area (Å²) in [5, 5.41) is 5.75. The van der Waals surface area contributed by atoms with Gasteiger partial charge in [-0.3, -0.25) is 9.59 Å². The predicted octanol–water partition coefficient (Wildman–Crippen LogP) is 2.71. The molecule has 0 unspecified atom stereocenters. The summed E-state index contributed by atoms with van der Waals surface area (Å²) in [6.07, 6.45) is 2.91. The Morgan fingerprint density at radius 2 is 1.65 bits per heavy atom. The molecule has 1 fully saturated rings. The summed E-state index contributed by atoms with van der Waals surface area (Å²) in [5.74, 6) is -1.46. The minimum atomic E-state index is -3.59. The van der Waals surface area contributed by atoms with Crippen LogP contribution < -0.4 is 10.6 Å². The lowest BCUT2D eigenvalue weighted by Gasteiger charge is -2.34. The second kappa shape index (κ2) is 10.7. The Morgan fingerprint density at radius 1 is 0.968 bits per heavy atom. The minimum absolute atomic E-state index is 0.212. The van der Waals surface area contributed by atoms with E-state index in [1.807, 2.05) is 0 Å². The molecule has 1 atom stereocenters. The van der Waals surface area contributed by atoms with Crippen LogP contribution in [-0.2, 0) is 26.2 Å². The zero-order valence-electron chi connectivity index (χ0n) is 17.1. The van der Waals surface area contributed by atoms with Gasteiger partial charge in [-0.15, -0.1) is 0 Å². The van der Waals surface area contributed by atoms with Crippen molar-refractivity contribution in [3.63, 3.8) is 0 Å². The number of amides is 2. The Kier molecular flexibility index (Phi) is 8.06. The number of piperidine rings is 1. The minimum Gasteiger partial charge on any atom is -0.348 e. The highest BCUT2D eigenvalue weighted by atomic mass is 35.5. The van der Waals surface area contributed by atoms with Crippen LogP contribution in [0.4, 0.5) is 0 Å². The first-order valence-electron chi connectivity index (χ1n) is 10.3. The molecule has 31 heavy (non-hydrogen) atoms. The molecule has 1 aliphatic rings. The summed E-state index contributed by atoms with van der Waals surface area (Å²) in [5.41, 5.74) is 0.828. The van der Waals surface area contributed by atoms with Crippen molar-refractivity contribution in [2.24, 2.45) is 0 Å². The summed E-state index contributed by atoms with van der Waals surface area (Å²) >= 11 is 5.83. The van der Waals surface area contributed by atoms with E-state index in [0.29, 0.717) is 18.0 Å². The fourth-order valence-electron chi connectivity index (χ4n) is 3.60. The van der Waals surface area contributed by atoms with Gasteiger partial charge in [0.25, 0.3) is 0 Å². The van der Waals surface area contributed by atoms with E-state index in [2.05, 4.69) is 10.6 Å². The van der Waals surface area contributed by atoms with Crippen LogP contribution in [0.3, 0.4) is 0 Å². The highest BCUT2D eigenvalue weighted by molar-refractivity contribution is 7.89. The van der Waals surface area contributed by atoms with Gasteiger partial charge in [0.1, 0.15) is 0 Å². The molecule has 1 aliphatic heterocycles. The van der Waals surface area contributed by atoms with E-state index in [1.165, 1.54) is 4.31 Å². The molecular formula is C22H26ClN3O4S. The SMILES string of the molecule is O=C(NCC[C@@H]1CCCCN1S(=O)(=O)c1ccccc1)C(=O)NCc1ccc(Cl)cc1. The van der Waals surface area contributed by atoms with Crippen molar-refractivity contribution in [3.05, 3.63) is 65.2 Å². The van der Waals surface area contributed by atoms with Gasteiger partial charge in [0.2, 0.25) is 10.0 Å². The molecule has 0 aromatic heterocycles. The Hall–Kier alpha value is -2.42. The zero-order valence-corrected chi connectivity index (χ0v) is 18.7. The molecule has 0 bridgehead atoms. The first-order valence-corrected chi connectivity index (χ1v) is 12.1. The number of hydrogen-bond donors (Lipinski definition) is 2. The van der Waals surface area contributed by atoms with Gasteiger partial charge in [0.15, 0.2) is 0 Å². The normalized spacial score (nSPS) is 17.1. The molecule has 7 nitrogen and oxygen atoms in total. The number of nitrogens with zero attached hydrogens (tertiary/aromatic N) is 1. The van der Waals surface area contributed by atoms with Gasteiger partial charge in [0, 0.05) is 30.7 Å². The lowest BCUT2D eigenvalue weighted by atomic mass is 10.0. The molecule has 2 aromatic carbocycles. The maximum atomic E-state index is 13.0. The molecule has 3 rings (SSSR count). The lowest BCUT2D eigenvalue weighted by Crippen LogP contribution is -2.46. The van der Waals surface area contributed by atoms with Gasteiger partial charge in [0.05, 0.1) is 4.90 Å². The third-order valence-corrected chi connectivity index (χ3v) is 7.48. The van der Waals surface area contributed by atoms with Crippen LogP contribution in [-0.4, -0.2) is 43.7 Å². The standard InChI is InChI=1S/C22H26ClN3O4S/c23-18-11-9-17(10-12-18)16-25-22(28)21(27)24-14-13-19-6-4-5-15-26(19)31(29,30)20-7-2-1-3-8-20/h1-3,7-12,19H,4-6,13-16H2,(H,24,27)(H,25,28)/t19-/m0/s1. The molecule has 9 heteroatoms. The molecule has 1 heterocycles. The lowest BCUT2D eigenvalue weighted by molar-refractivity contribution is -0.139. The van der Waals surface area contributed by atoms with Crippen LogP contribution in [0, 0.1) is 0 Å². The first kappa shape index (κ1) is 23.2. The predicted molar refractivity (Wildman–Crippen MR) is 119 cm³/mol.